The molecule has 0 aliphatic heterocycles. The Morgan fingerprint density at radius 3 is 2.38 bits per heavy atom. The van der Waals surface area contributed by atoms with Gasteiger partial charge in [-0.15, -0.1) is 0 Å². The Hall–Kier alpha value is -2.89. The largest absolute Gasteiger partial charge is 0.302 e. The molecule has 0 aliphatic rings. The molecule has 0 unspecified atom stereocenters. The lowest BCUT2D eigenvalue weighted by molar-refractivity contribution is -0.384. The van der Waals surface area contributed by atoms with E-state index >= 15 is 0 Å². The molecule has 0 fully saturated rings. The highest BCUT2D eigenvalue weighted by molar-refractivity contribution is 7.91. The lowest BCUT2D eigenvalue weighted by Gasteiger charge is -2.24. The molecule has 0 radical (unpaired) electrons. The van der Waals surface area contributed by atoms with E-state index in [1.54, 1.807) is 30.3 Å². The van der Waals surface area contributed by atoms with Crippen LogP contribution in [0, 0.1) is 17.0 Å². The van der Waals surface area contributed by atoms with Crippen LogP contribution in [0.25, 0.3) is 10.2 Å². The molecule has 0 atom stereocenters. The van der Waals surface area contributed by atoms with Gasteiger partial charge in [-0.2, -0.15) is 0 Å². The number of likely N-dealkylation sites (N-methyl/N-ethyl adjacent to an activating group) is 1. The first-order valence-corrected chi connectivity index (χ1v) is 13.5. The van der Waals surface area contributed by atoms with E-state index in [9.17, 15) is 23.3 Å². The number of carbonyl (C=O) groups is 1. The zero-order chi connectivity index (χ0) is 24.9. The molecule has 1 amide bonds. The molecule has 0 bridgehead atoms. The van der Waals surface area contributed by atoms with Crippen LogP contribution in [0.3, 0.4) is 0 Å². The minimum Gasteiger partial charge on any atom is -0.302 e. The maximum absolute atomic E-state index is 13.2. The highest BCUT2D eigenvalue weighted by Crippen LogP contribution is 2.32. The number of non-ortho nitro benzene ring substituents is 1. The van der Waals surface area contributed by atoms with E-state index in [0.717, 1.165) is 18.7 Å². The third kappa shape index (κ3) is 6.16. The molecule has 0 saturated heterocycles. The maximum atomic E-state index is 13.2. The molecule has 0 aliphatic carbocycles. The Labute approximate surface area is 203 Å². The number of anilines is 1. The Bertz CT molecular complexity index is 1270. The average molecular weight is 505 g/mol. The van der Waals surface area contributed by atoms with Gasteiger partial charge in [-0.3, -0.25) is 19.8 Å². The lowest BCUT2D eigenvalue weighted by atomic mass is 10.2. The number of rotatable bonds is 11. The molecule has 0 spiro atoms. The van der Waals surface area contributed by atoms with E-state index in [1.165, 1.54) is 28.4 Å². The summed E-state index contributed by atoms with van der Waals surface area (Å²) in [6.45, 7) is 8.49. The van der Waals surface area contributed by atoms with E-state index < -0.39 is 14.8 Å². The van der Waals surface area contributed by atoms with Crippen molar-refractivity contribution in [3.8, 4) is 0 Å². The van der Waals surface area contributed by atoms with Crippen molar-refractivity contribution in [1.29, 1.82) is 0 Å². The molecular formula is C23H28N4O5S2. The SMILES string of the molecule is CCN(CC)CCN(C(=O)CCS(=O)(=O)c1ccc(C)cc1)c1nc2ccc([N+](=O)[O-])cc2s1. The lowest BCUT2D eigenvalue weighted by Crippen LogP contribution is -2.39. The second-order valence-electron chi connectivity index (χ2n) is 7.86. The smallest absolute Gasteiger partial charge is 0.270 e. The van der Waals surface area contributed by atoms with Gasteiger partial charge in [-0.25, -0.2) is 13.4 Å². The van der Waals surface area contributed by atoms with E-state index in [2.05, 4.69) is 9.88 Å². The number of aryl methyl sites for hydroxylation is 1. The van der Waals surface area contributed by atoms with Gasteiger partial charge in [0.25, 0.3) is 5.69 Å². The molecule has 2 aromatic carbocycles. The molecule has 34 heavy (non-hydrogen) atoms. The van der Waals surface area contributed by atoms with Crippen molar-refractivity contribution in [3.05, 3.63) is 58.1 Å². The van der Waals surface area contributed by atoms with Crippen molar-refractivity contribution in [2.45, 2.75) is 32.1 Å². The highest BCUT2D eigenvalue weighted by atomic mass is 32.2. The minimum absolute atomic E-state index is 0.0482. The first-order chi connectivity index (χ1) is 16.1. The van der Waals surface area contributed by atoms with Crippen molar-refractivity contribution in [3.63, 3.8) is 0 Å². The number of hydrogen-bond acceptors (Lipinski definition) is 8. The topological polar surface area (TPSA) is 114 Å². The number of hydrogen-bond donors (Lipinski definition) is 0. The van der Waals surface area contributed by atoms with Crippen LogP contribution in [0.1, 0.15) is 25.8 Å². The number of benzene rings is 2. The number of carbonyl (C=O) groups excluding carboxylic acids is 1. The Morgan fingerprint density at radius 1 is 1.09 bits per heavy atom. The molecule has 3 aromatic rings. The number of thiazole rings is 1. The summed E-state index contributed by atoms with van der Waals surface area (Å²) in [7, 11) is -3.62. The van der Waals surface area contributed by atoms with Crippen LogP contribution in [0.4, 0.5) is 10.8 Å². The van der Waals surface area contributed by atoms with Crippen LogP contribution in [0.5, 0.6) is 0 Å². The summed E-state index contributed by atoms with van der Waals surface area (Å²) in [5, 5.41) is 11.5. The number of aromatic nitrogens is 1. The Kier molecular flexibility index (Phi) is 8.34. The molecule has 1 aromatic heterocycles. The van der Waals surface area contributed by atoms with E-state index in [1.807, 2.05) is 20.8 Å². The molecule has 0 saturated carbocycles. The van der Waals surface area contributed by atoms with Gasteiger partial charge in [0.15, 0.2) is 15.0 Å². The average Bonchev–Trinajstić information content (AvgIpc) is 3.23. The van der Waals surface area contributed by atoms with Crippen molar-refractivity contribution < 1.29 is 18.1 Å². The van der Waals surface area contributed by atoms with Gasteiger partial charge in [-0.05, 0) is 38.2 Å². The second-order valence-corrected chi connectivity index (χ2v) is 11.0. The van der Waals surface area contributed by atoms with Gasteiger partial charge < -0.3 is 4.90 Å². The normalized spacial score (nSPS) is 11.8. The maximum Gasteiger partial charge on any atom is 0.270 e. The number of amides is 1. The van der Waals surface area contributed by atoms with Gasteiger partial charge >= 0.3 is 0 Å². The Morgan fingerprint density at radius 2 is 1.76 bits per heavy atom. The first-order valence-electron chi connectivity index (χ1n) is 11.0. The third-order valence-electron chi connectivity index (χ3n) is 5.60. The van der Waals surface area contributed by atoms with Crippen LogP contribution in [0.2, 0.25) is 0 Å². The van der Waals surface area contributed by atoms with Crippen molar-refractivity contribution in [1.82, 2.24) is 9.88 Å². The summed E-state index contributed by atoms with van der Waals surface area (Å²) in [4.78, 5) is 32.2. The summed E-state index contributed by atoms with van der Waals surface area (Å²) in [5.41, 5.74) is 1.46. The van der Waals surface area contributed by atoms with Crippen molar-refractivity contribution in [2.24, 2.45) is 0 Å². The highest BCUT2D eigenvalue weighted by Gasteiger charge is 2.24. The summed E-state index contributed by atoms with van der Waals surface area (Å²) >= 11 is 1.19. The summed E-state index contributed by atoms with van der Waals surface area (Å²) in [6, 6.07) is 10.9. The van der Waals surface area contributed by atoms with Crippen LogP contribution >= 0.6 is 11.3 Å². The fourth-order valence-corrected chi connectivity index (χ4v) is 5.73. The number of sulfone groups is 1. The van der Waals surface area contributed by atoms with Crippen LogP contribution in [-0.4, -0.2) is 61.1 Å². The van der Waals surface area contributed by atoms with Crippen LogP contribution in [-0.2, 0) is 14.6 Å². The number of nitro benzene ring substituents is 1. The van der Waals surface area contributed by atoms with Gasteiger partial charge in [0.05, 0.1) is 25.8 Å². The van der Waals surface area contributed by atoms with Crippen molar-refractivity contribution >= 4 is 48.1 Å². The minimum atomic E-state index is -3.62. The van der Waals surface area contributed by atoms with Gasteiger partial charge in [0.2, 0.25) is 5.91 Å². The molecule has 1 heterocycles. The molecule has 3 rings (SSSR count). The van der Waals surface area contributed by atoms with Crippen molar-refractivity contribution in [2.75, 3.05) is 36.8 Å². The van der Waals surface area contributed by atoms with Gasteiger partial charge in [-0.1, -0.05) is 42.9 Å². The summed E-state index contributed by atoms with van der Waals surface area (Å²) in [5.74, 6) is -0.663. The fourth-order valence-electron chi connectivity index (χ4n) is 3.46. The number of nitro groups is 1. The third-order valence-corrected chi connectivity index (χ3v) is 8.38. The molecular weight excluding hydrogens is 476 g/mol. The molecule has 182 valence electrons. The first kappa shape index (κ1) is 25.7. The molecule has 11 heteroatoms. The van der Waals surface area contributed by atoms with Gasteiger partial charge in [0, 0.05) is 31.6 Å². The predicted molar refractivity (Wildman–Crippen MR) is 134 cm³/mol. The summed E-state index contributed by atoms with van der Waals surface area (Å²) in [6.07, 6.45) is -0.190. The Balaban J connectivity index is 1.84. The fraction of sp³-hybridized carbons (Fsp3) is 0.391. The van der Waals surface area contributed by atoms with Crippen LogP contribution in [0.15, 0.2) is 47.4 Å². The van der Waals surface area contributed by atoms with E-state index in [4.69, 9.17) is 0 Å². The van der Waals surface area contributed by atoms with Gasteiger partial charge in [0.1, 0.15) is 0 Å². The molecule has 9 nitrogen and oxygen atoms in total. The predicted octanol–water partition coefficient (Wildman–Crippen LogP) is 4.05. The zero-order valence-corrected chi connectivity index (χ0v) is 21.1. The molecule has 0 N–H and O–H groups in total. The number of nitrogens with zero attached hydrogens (tertiary/aromatic N) is 4. The van der Waals surface area contributed by atoms with Crippen LogP contribution < -0.4 is 4.90 Å². The van der Waals surface area contributed by atoms with E-state index in [-0.39, 0.29) is 28.7 Å². The standard InChI is InChI=1S/C23H28N4O5S2/c1-4-25(5-2)13-14-26(23-24-20-11-8-18(27(29)30)16-21(20)33-23)22(28)12-15-34(31,32)19-9-6-17(3)7-10-19/h6-11,16H,4-5,12-15H2,1-3H3. The summed E-state index contributed by atoms with van der Waals surface area (Å²) < 4.78 is 26.1. The second kappa shape index (κ2) is 11.0. The van der Waals surface area contributed by atoms with E-state index in [0.29, 0.717) is 28.4 Å². The monoisotopic (exact) mass is 504 g/mol. The zero-order valence-electron chi connectivity index (χ0n) is 19.4. The number of fused-ring (bicyclic) bond motifs is 1. The quantitative estimate of drug-likeness (QED) is 0.286.